The summed E-state index contributed by atoms with van der Waals surface area (Å²) in [4.78, 5) is 0. The topological polar surface area (TPSA) is 36.1 Å². The molecular formula is C19H25N2O+. The van der Waals surface area contributed by atoms with Gasteiger partial charge >= 0.3 is 0 Å². The van der Waals surface area contributed by atoms with Gasteiger partial charge in [-0.25, -0.2) is 4.57 Å². The minimum absolute atomic E-state index is 0.113. The molecule has 0 unspecified atom stereocenters. The Morgan fingerprint density at radius 2 is 2.09 bits per heavy atom. The van der Waals surface area contributed by atoms with Crippen molar-refractivity contribution in [3.05, 3.63) is 65.5 Å². The number of aryl methyl sites for hydroxylation is 1. The van der Waals surface area contributed by atoms with Crippen molar-refractivity contribution >= 4 is 0 Å². The summed E-state index contributed by atoms with van der Waals surface area (Å²) in [5.74, 6) is 0. The van der Waals surface area contributed by atoms with Crippen molar-refractivity contribution in [3.63, 3.8) is 0 Å². The van der Waals surface area contributed by atoms with Gasteiger partial charge in [-0.3, -0.25) is 0 Å². The molecule has 2 atom stereocenters. The summed E-state index contributed by atoms with van der Waals surface area (Å²) in [6.45, 7) is 4.08. The summed E-state index contributed by atoms with van der Waals surface area (Å²) in [6, 6.07) is 12.5. The van der Waals surface area contributed by atoms with Crippen molar-refractivity contribution in [2.45, 2.75) is 51.4 Å². The van der Waals surface area contributed by atoms with Gasteiger partial charge in [-0.2, -0.15) is 0 Å². The van der Waals surface area contributed by atoms with Gasteiger partial charge < -0.3 is 10.4 Å². The molecule has 1 aliphatic rings. The van der Waals surface area contributed by atoms with E-state index in [1.165, 1.54) is 24.0 Å². The second-order valence-electron chi connectivity index (χ2n) is 6.14. The van der Waals surface area contributed by atoms with Crippen molar-refractivity contribution in [1.29, 1.82) is 0 Å². The standard InChI is InChI=1S/C19H25N2O/c1-2-3-10-21-11-6-7-15(14-21)13-20-18-12-16-8-4-5-9-17(16)19(18)22/h4-9,11,14,18-20,22H,2-3,10,12-13H2,1H3/q+1/t18-,19+/m1/s1. The van der Waals surface area contributed by atoms with Crippen LogP contribution in [0.1, 0.15) is 42.6 Å². The first kappa shape index (κ1) is 15.2. The summed E-state index contributed by atoms with van der Waals surface area (Å²) >= 11 is 0. The summed E-state index contributed by atoms with van der Waals surface area (Å²) in [5.41, 5.74) is 3.60. The van der Waals surface area contributed by atoms with Crippen LogP contribution in [-0.2, 0) is 19.5 Å². The lowest BCUT2D eigenvalue weighted by Gasteiger charge is -2.16. The van der Waals surface area contributed by atoms with E-state index in [2.05, 4.69) is 47.4 Å². The van der Waals surface area contributed by atoms with Crippen molar-refractivity contribution in [2.75, 3.05) is 0 Å². The quantitative estimate of drug-likeness (QED) is 0.804. The van der Waals surface area contributed by atoms with Gasteiger partial charge in [0.05, 0.1) is 6.10 Å². The third kappa shape index (κ3) is 3.37. The van der Waals surface area contributed by atoms with Crippen molar-refractivity contribution < 1.29 is 9.67 Å². The van der Waals surface area contributed by atoms with E-state index in [1.54, 1.807) is 0 Å². The number of nitrogens with zero attached hydrogens (tertiary/aromatic N) is 1. The third-order valence-corrected chi connectivity index (χ3v) is 4.45. The number of rotatable bonds is 6. The second kappa shape index (κ2) is 7.03. The molecule has 0 saturated carbocycles. The summed E-state index contributed by atoms with van der Waals surface area (Å²) in [7, 11) is 0. The lowest BCUT2D eigenvalue weighted by Crippen LogP contribution is -2.36. The number of hydrogen-bond donors (Lipinski definition) is 2. The molecule has 22 heavy (non-hydrogen) atoms. The number of aromatic nitrogens is 1. The molecule has 3 nitrogen and oxygen atoms in total. The van der Waals surface area contributed by atoms with Crippen molar-refractivity contribution in [3.8, 4) is 0 Å². The van der Waals surface area contributed by atoms with Crippen LogP contribution in [0.25, 0.3) is 0 Å². The largest absolute Gasteiger partial charge is 0.387 e. The zero-order valence-electron chi connectivity index (χ0n) is 13.2. The molecule has 0 amide bonds. The van der Waals surface area contributed by atoms with Crippen LogP contribution in [0.2, 0.25) is 0 Å². The number of benzene rings is 1. The highest BCUT2D eigenvalue weighted by Gasteiger charge is 2.29. The monoisotopic (exact) mass is 297 g/mol. The lowest BCUT2D eigenvalue weighted by molar-refractivity contribution is -0.697. The highest BCUT2D eigenvalue weighted by atomic mass is 16.3. The zero-order chi connectivity index (χ0) is 15.4. The van der Waals surface area contributed by atoms with Gasteiger partial charge in [-0.15, -0.1) is 0 Å². The predicted molar refractivity (Wildman–Crippen MR) is 87.3 cm³/mol. The van der Waals surface area contributed by atoms with Crippen LogP contribution >= 0.6 is 0 Å². The molecule has 0 radical (unpaired) electrons. The fraction of sp³-hybridized carbons (Fsp3) is 0.421. The first-order chi connectivity index (χ1) is 10.8. The molecule has 1 heterocycles. The van der Waals surface area contributed by atoms with Gasteiger partial charge in [-0.1, -0.05) is 37.6 Å². The van der Waals surface area contributed by atoms with Gasteiger partial charge in [0.15, 0.2) is 12.4 Å². The number of nitrogens with one attached hydrogen (secondary N) is 1. The number of aliphatic hydroxyl groups is 1. The first-order valence-corrected chi connectivity index (χ1v) is 8.25. The molecule has 0 fully saturated rings. The normalized spacial score (nSPS) is 20.1. The van der Waals surface area contributed by atoms with Crippen LogP contribution < -0.4 is 9.88 Å². The summed E-state index contributed by atoms with van der Waals surface area (Å²) in [6.07, 6.45) is 7.25. The second-order valence-corrected chi connectivity index (χ2v) is 6.14. The molecular weight excluding hydrogens is 272 g/mol. The van der Waals surface area contributed by atoms with Crippen molar-refractivity contribution in [1.82, 2.24) is 5.32 Å². The Morgan fingerprint density at radius 1 is 1.23 bits per heavy atom. The Bertz CT molecular complexity index is 626. The Hall–Kier alpha value is -1.71. The summed E-state index contributed by atoms with van der Waals surface area (Å²) < 4.78 is 2.25. The van der Waals surface area contributed by atoms with Crippen LogP contribution in [0.3, 0.4) is 0 Å². The Labute approximate surface area is 132 Å². The number of aliphatic hydroxyl groups excluding tert-OH is 1. The molecule has 1 aromatic heterocycles. The fourth-order valence-corrected chi connectivity index (χ4v) is 3.17. The number of hydrogen-bond acceptors (Lipinski definition) is 2. The van der Waals surface area contributed by atoms with E-state index in [1.807, 2.05) is 18.2 Å². The van der Waals surface area contributed by atoms with Gasteiger partial charge in [0.2, 0.25) is 0 Å². The summed E-state index contributed by atoms with van der Waals surface area (Å²) in [5, 5.41) is 13.9. The fourth-order valence-electron chi connectivity index (χ4n) is 3.17. The van der Waals surface area contributed by atoms with Crippen LogP contribution in [0.5, 0.6) is 0 Å². The maximum Gasteiger partial charge on any atom is 0.173 e. The molecule has 2 N–H and O–H groups in total. The van der Waals surface area contributed by atoms with Gasteiger partial charge in [0.25, 0.3) is 0 Å². The molecule has 2 aromatic rings. The molecule has 0 spiro atoms. The van der Waals surface area contributed by atoms with Gasteiger partial charge in [0, 0.05) is 30.6 Å². The molecule has 116 valence electrons. The number of pyridine rings is 1. The van der Waals surface area contributed by atoms with E-state index in [0.29, 0.717) is 0 Å². The molecule has 3 heteroatoms. The lowest BCUT2D eigenvalue weighted by atomic mass is 10.1. The Morgan fingerprint density at radius 3 is 2.91 bits per heavy atom. The van der Waals surface area contributed by atoms with Crippen LogP contribution in [-0.4, -0.2) is 11.1 Å². The first-order valence-electron chi connectivity index (χ1n) is 8.25. The predicted octanol–water partition coefficient (Wildman–Crippen LogP) is 2.52. The van der Waals surface area contributed by atoms with E-state index in [-0.39, 0.29) is 6.04 Å². The highest BCUT2D eigenvalue weighted by Crippen LogP contribution is 2.31. The average Bonchev–Trinajstić information content (AvgIpc) is 2.88. The van der Waals surface area contributed by atoms with E-state index in [9.17, 15) is 5.11 Å². The number of fused-ring (bicyclic) bond motifs is 1. The molecule has 3 rings (SSSR count). The highest BCUT2D eigenvalue weighted by molar-refractivity contribution is 5.35. The smallest absolute Gasteiger partial charge is 0.173 e. The van der Waals surface area contributed by atoms with Crippen LogP contribution in [0, 0.1) is 0 Å². The van der Waals surface area contributed by atoms with Crippen LogP contribution in [0.4, 0.5) is 0 Å². The number of unbranched alkanes of at least 4 members (excludes halogenated alkanes) is 1. The maximum atomic E-state index is 10.4. The van der Waals surface area contributed by atoms with Gasteiger partial charge in [0.1, 0.15) is 6.54 Å². The molecule has 0 bridgehead atoms. The van der Waals surface area contributed by atoms with E-state index in [4.69, 9.17) is 0 Å². The van der Waals surface area contributed by atoms with Crippen molar-refractivity contribution in [2.24, 2.45) is 0 Å². The zero-order valence-corrected chi connectivity index (χ0v) is 13.2. The minimum Gasteiger partial charge on any atom is -0.387 e. The Balaban J connectivity index is 1.60. The Kier molecular flexibility index (Phi) is 4.86. The maximum absolute atomic E-state index is 10.4. The molecule has 1 aromatic carbocycles. The van der Waals surface area contributed by atoms with E-state index in [0.717, 1.165) is 25.1 Å². The minimum atomic E-state index is -0.396. The SMILES string of the molecule is CCCC[n+]1cccc(CN[C@@H]2Cc3ccccc3[C@@H]2O)c1. The van der Waals surface area contributed by atoms with E-state index >= 15 is 0 Å². The van der Waals surface area contributed by atoms with E-state index < -0.39 is 6.10 Å². The van der Waals surface area contributed by atoms with Gasteiger partial charge in [-0.05, 0) is 23.6 Å². The average molecular weight is 297 g/mol. The molecule has 1 aliphatic carbocycles. The molecule has 0 saturated heterocycles. The third-order valence-electron chi connectivity index (χ3n) is 4.45. The molecule has 0 aliphatic heterocycles. The van der Waals surface area contributed by atoms with Crippen LogP contribution in [0.15, 0.2) is 48.8 Å².